The molecule has 4 rings (SSSR count). The Bertz CT molecular complexity index is 1200. The van der Waals surface area contributed by atoms with Crippen LogP contribution in [0.25, 0.3) is 10.8 Å². The molecule has 0 aliphatic heterocycles. The minimum Gasteiger partial charge on any atom is -0.440 e. The van der Waals surface area contributed by atoms with Crippen LogP contribution in [-0.4, -0.2) is 23.3 Å². The highest BCUT2D eigenvalue weighted by Crippen LogP contribution is 2.26. The van der Waals surface area contributed by atoms with Gasteiger partial charge in [0.05, 0.1) is 28.2 Å². The van der Waals surface area contributed by atoms with Crippen LogP contribution in [0.5, 0.6) is 0 Å². The predicted octanol–water partition coefficient (Wildman–Crippen LogP) is 4.87. The molecule has 0 fully saturated rings. The second-order valence-corrected chi connectivity index (χ2v) is 8.21. The Labute approximate surface area is 190 Å². The van der Waals surface area contributed by atoms with Gasteiger partial charge in [-0.1, -0.05) is 48.5 Å². The van der Waals surface area contributed by atoms with Crippen molar-refractivity contribution in [2.75, 3.05) is 11.9 Å². The van der Waals surface area contributed by atoms with E-state index >= 15 is 0 Å². The van der Waals surface area contributed by atoms with Gasteiger partial charge >= 0.3 is 0 Å². The summed E-state index contributed by atoms with van der Waals surface area (Å²) < 4.78 is 5.71. The monoisotopic (exact) mass is 445 g/mol. The SMILES string of the molecule is Cc1oc(-c2cccs2)nc1CC(=O)Nc1ccccc1C(=O)NCCc1ccccc1. The van der Waals surface area contributed by atoms with Gasteiger partial charge in [0, 0.05) is 6.54 Å². The number of aromatic nitrogens is 1. The van der Waals surface area contributed by atoms with Crippen molar-refractivity contribution < 1.29 is 14.0 Å². The van der Waals surface area contributed by atoms with Gasteiger partial charge in [-0.05, 0) is 42.5 Å². The van der Waals surface area contributed by atoms with Crippen LogP contribution in [0.2, 0.25) is 0 Å². The van der Waals surface area contributed by atoms with E-state index in [0.29, 0.717) is 35.1 Å². The lowest BCUT2D eigenvalue weighted by molar-refractivity contribution is -0.115. The van der Waals surface area contributed by atoms with Crippen molar-refractivity contribution in [2.24, 2.45) is 0 Å². The molecule has 0 aliphatic rings. The van der Waals surface area contributed by atoms with E-state index in [2.05, 4.69) is 15.6 Å². The number of anilines is 1. The zero-order chi connectivity index (χ0) is 22.3. The number of para-hydroxylation sites is 1. The van der Waals surface area contributed by atoms with Gasteiger partial charge < -0.3 is 15.1 Å². The molecule has 2 N–H and O–H groups in total. The first-order valence-electron chi connectivity index (χ1n) is 10.3. The number of benzene rings is 2. The fourth-order valence-corrected chi connectivity index (χ4v) is 3.94. The van der Waals surface area contributed by atoms with Gasteiger partial charge in [-0.2, -0.15) is 0 Å². The first kappa shape index (κ1) is 21.5. The summed E-state index contributed by atoms with van der Waals surface area (Å²) in [7, 11) is 0. The van der Waals surface area contributed by atoms with E-state index in [1.807, 2.05) is 47.8 Å². The van der Waals surface area contributed by atoms with Crippen molar-refractivity contribution in [3.63, 3.8) is 0 Å². The van der Waals surface area contributed by atoms with E-state index in [1.54, 1.807) is 31.2 Å². The maximum atomic E-state index is 12.7. The highest BCUT2D eigenvalue weighted by molar-refractivity contribution is 7.13. The molecule has 0 aliphatic carbocycles. The average molecular weight is 446 g/mol. The van der Waals surface area contributed by atoms with E-state index in [9.17, 15) is 9.59 Å². The van der Waals surface area contributed by atoms with Gasteiger partial charge in [-0.3, -0.25) is 9.59 Å². The van der Waals surface area contributed by atoms with E-state index < -0.39 is 0 Å². The number of hydrogen-bond acceptors (Lipinski definition) is 5. The van der Waals surface area contributed by atoms with Crippen molar-refractivity contribution in [3.8, 4) is 10.8 Å². The van der Waals surface area contributed by atoms with Gasteiger partial charge in [0.2, 0.25) is 11.8 Å². The molecule has 7 heteroatoms. The number of oxazole rings is 1. The third kappa shape index (κ3) is 5.31. The summed E-state index contributed by atoms with van der Waals surface area (Å²) in [5.74, 6) is 0.632. The van der Waals surface area contributed by atoms with E-state index in [4.69, 9.17) is 4.42 Å². The summed E-state index contributed by atoms with van der Waals surface area (Å²) in [5.41, 5.74) is 2.62. The van der Waals surface area contributed by atoms with Gasteiger partial charge in [-0.15, -0.1) is 11.3 Å². The Balaban J connectivity index is 1.38. The fraction of sp³-hybridized carbons (Fsp3) is 0.160. The summed E-state index contributed by atoms with van der Waals surface area (Å²) in [6.07, 6.45) is 0.795. The maximum Gasteiger partial charge on any atom is 0.253 e. The molecule has 162 valence electrons. The summed E-state index contributed by atoms with van der Waals surface area (Å²) in [5, 5.41) is 7.71. The summed E-state index contributed by atoms with van der Waals surface area (Å²) >= 11 is 1.53. The molecule has 32 heavy (non-hydrogen) atoms. The fourth-order valence-electron chi connectivity index (χ4n) is 3.29. The number of thiophene rings is 1. The molecule has 2 heterocycles. The number of carbonyl (C=O) groups excluding carboxylic acids is 2. The van der Waals surface area contributed by atoms with Gasteiger partial charge in [0.25, 0.3) is 5.91 Å². The zero-order valence-electron chi connectivity index (χ0n) is 17.6. The summed E-state index contributed by atoms with van der Waals surface area (Å²) in [6.45, 7) is 2.30. The second kappa shape index (κ2) is 10.1. The molecule has 0 saturated heterocycles. The van der Waals surface area contributed by atoms with Gasteiger partial charge in [0.15, 0.2) is 0 Å². The quantitative estimate of drug-likeness (QED) is 0.405. The number of nitrogens with zero attached hydrogens (tertiary/aromatic N) is 1. The largest absolute Gasteiger partial charge is 0.440 e. The van der Waals surface area contributed by atoms with Gasteiger partial charge in [-0.25, -0.2) is 4.98 Å². The van der Waals surface area contributed by atoms with Gasteiger partial charge in [0.1, 0.15) is 5.76 Å². The Kier molecular flexibility index (Phi) is 6.77. The standard InChI is InChI=1S/C25H23N3O3S/c1-17-21(28-25(31-17)22-12-7-15-32-22)16-23(29)27-20-11-6-5-10-19(20)24(30)26-14-13-18-8-3-2-4-9-18/h2-12,15H,13-14,16H2,1H3,(H,26,30)(H,27,29). The lowest BCUT2D eigenvalue weighted by Crippen LogP contribution is -2.27. The molecule has 2 aromatic carbocycles. The lowest BCUT2D eigenvalue weighted by atomic mass is 10.1. The van der Waals surface area contributed by atoms with Crippen LogP contribution in [0.4, 0.5) is 5.69 Å². The summed E-state index contributed by atoms with van der Waals surface area (Å²) in [6, 6.07) is 20.8. The molecule has 0 saturated carbocycles. The lowest BCUT2D eigenvalue weighted by Gasteiger charge is -2.11. The maximum absolute atomic E-state index is 12.7. The van der Waals surface area contributed by atoms with E-state index in [1.165, 1.54) is 11.3 Å². The number of nitrogens with one attached hydrogen (secondary N) is 2. The predicted molar refractivity (Wildman–Crippen MR) is 126 cm³/mol. The van der Waals surface area contributed by atoms with Crippen molar-refractivity contribution in [3.05, 3.63) is 94.7 Å². The van der Waals surface area contributed by atoms with Crippen molar-refractivity contribution in [2.45, 2.75) is 19.8 Å². The molecule has 0 bridgehead atoms. The third-order valence-corrected chi connectivity index (χ3v) is 5.80. The highest BCUT2D eigenvalue weighted by Gasteiger charge is 2.17. The molecular weight excluding hydrogens is 422 g/mol. The second-order valence-electron chi connectivity index (χ2n) is 7.26. The summed E-state index contributed by atoms with van der Waals surface area (Å²) in [4.78, 5) is 30.8. The van der Waals surface area contributed by atoms with Crippen LogP contribution in [0.15, 0.2) is 76.5 Å². The van der Waals surface area contributed by atoms with Crippen LogP contribution in [0.1, 0.15) is 27.4 Å². The number of rotatable bonds is 8. The minimum atomic E-state index is -0.260. The number of hydrogen-bond donors (Lipinski definition) is 2. The smallest absolute Gasteiger partial charge is 0.253 e. The molecule has 2 amide bonds. The molecule has 0 spiro atoms. The van der Waals surface area contributed by atoms with Crippen molar-refractivity contribution in [1.82, 2.24) is 10.3 Å². The normalized spacial score (nSPS) is 10.7. The van der Waals surface area contributed by atoms with Crippen LogP contribution in [0.3, 0.4) is 0 Å². The highest BCUT2D eigenvalue weighted by atomic mass is 32.1. The third-order valence-electron chi connectivity index (χ3n) is 4.94. The molecule has 2 aromatic heterocycles. The van der Waals surface area contributed by atoms with E-state index in [-0.39, 0.29) is 18.2 Å². The Morgan fingerprint density at radius 3 is 2.56 bits per heavy atom. The molecular formula is C25H23N3O3S. The molecule has 0 atom stereocenters. The van der Waals surface area contributed by atoms with Crippen LogP contribution in [-0.2, 0) is 17.6 Å². The Morgan fingerprint density at radius 1 is 1.00 bits per heavy atom. The Morgan fingerprint density at radius 2 is 1.78 bits per heavy atom. The average Bonchev–Trinajstić information content (AvgIpc) is 3.45. The zero-order valence-corrected chi connectivity index (χ0v) is 18.4. The van der Waals surface area contributed by atoms with Crippen LogP contribution >= 0.6 is 11.3 Å². The van der Waals surface area contributed by atoms with E-state index in [0.717, 1.165) is 16.9 Å². The minimum absolute atomic E-state index is 0.0602. The number of carbonyl (C=O) groups is 2. The number of aryl methyl sites for hydroxylation is 1. The number of amides is 2. The molecule has 0 radical (unpaired) electrons. The van der Waals surface area contributed by atoms with Crippen LogP contribution in [0, 0.1) is 6.92 Å². The topological polar surface area (TPSA) is 84.2 Å². The Hall–Kier alpha value is -3.71. The van der Waals surface area contributed by atoms with Crippen molar-refractivity contribution >= 4 is 28.8 Å². The molecule has 0 unspecified atom stereocenters. The van der Waals surface area contributed by atoms with Crippen molar-refractivity contribution in [1.29, 1.82) is 0 Å². The van der Waals surface area contributed by atoms with Crippen LogP contribution < -0.4 is 10.6 Å². The molecule has 6 nitrogen and oxygen atoms in total. The molecule has 4 aromatic rings. The first-order valence-corrected chi connectivity index (χ1v) is 11.2. The first-order chi connectivity index (χ1) is 15.6.